The molecule has 0 spiro atoms. The van der Waals surface area contributed by atoms with Crippen molar-refractivity contribution in [2.75, 3.05) is 11.9 Å². The van der Waals surface area contributed by atoms with Crippen LogP contribution < -0.4 is 10.1 Å². The zero-order valence-electron chi connectivity index (χ0n) is 11.2. The molecule has 0 amide bonds. The summed E-state index contributed by atoms with van der Waals surface area (Å²) in [7, 11) is 0. The molecule has 1 aromatic heterocycles. The van der Waals surface area contributed by atoms with Crippen LogP contribution in [-0.2, 0) is 6.61 Å². The molecule has 0 saturated carbocycles. The zero-order chi connectivity index (χ0) is 15.2. The molecule has 1 aromatic carbocycles. The lowest BCUT2D eigenvalue weighted by atomic mass is 10.2. The molecule has 1 N–H and O–H groups in total. The second-order valence-corrected chi connectivity index (χ2v) is 5.00. The molecule has 0 aliphatic carbocycles. The van der Waals surface area contributed by atoms with Gasteiger partial charge in [-0.25, -0.2) is 4.98 Å². The van der Waals surface area contributed by atoms with Crippen molar-refractivity contribution in [1.29, 1.82) is 0 Å². The first-order chi connectivity index (χ1) is 10.1. The highest BCUT2D eigenvalue weighted by Crippen LogP contribution is 2.31. The van der Waals surface area contributed by atoms with E-state index in [-0.39, 0.29) is 24.0 Å². The molecule has 8 heteroatoms. The van der Waals surface area contributed by atoms with Crippen molar-refractivity contribution >= 4 is 27.4 Å². The number of benzene rings is 1. The first-order valence-corrected chi connectivity index (χ1v) is 7.01. The minimum absolute atomic E-state index is 0.0501. The summed E-state index contributed by atoms with van der Waals surface area (Å²) in [6.07, 6.45) is 1.24. The normalized spacial score (nSPS) is 10.2. The number of aromatic nitrogens is 2. The Balaban J connectivity index is 2.23. The first kappa shape index (κ1) is 15.2. The van der Waals surface area contributed by atoms with Crippen LogP contribution >= 0.6 is 15.9 Å². The molecular formula is C13H13BrN4O3. The van der Waals surface area contributed by atoms with Crippen LogP contribution in [-0.4, -0.2) is 21.4 Å². The van der Waals surface area contributed by atoms with Gasteiger partial charge < -0.3 is 10.1 Å². The highest BCUT2D eigenvalue weighted by molar-refractivity contribution is 9.10. The number of nitro groups is 1. The highest BCUT2D eigenvalue weighted by atomic mass is 79.9. The number of nitrogens with one attached hydrogen (secondary N) is 1. The Morgan fingerprint density at radius 1 is 1.43 bits per heavy atom. The van der Waals surface area contributed by atoms with Crippen LogP contribution in [0.2, 0.25) is 0 Å². The molecule has 1 heterocycles. The van der Waals surface area contributed by atoms with E-state index in [0.717, 1.165) is 10.0 Å². The Labute approximate surface area is 129 Å². The molecule has 0 atom stereocenters. The first-order valence-electron chi connectivity index (χ1n) is 6.22. The minimum Gasteiger partial charge on any atom is -0.468 e. The summed E-state index contributed by atoms with van der Waals surface area (Å²) in [5.41, 5.74) is 0.622. The number of hydrogen-bond donors (Lipinski definition) is 1. The maximum absolute atomic E-state index is 11.2. The van der Waals surface area contributed by atoms with Gasteiger partial charge >= 0.3 is 5.69 Å². The van der Waals surface area contributed by atoms with Gasteiger partial charge in [-0.3, -0.25) is 10.1 Å². The lowest BCUT2D eigenvalue weighted by Gasteiger charge is -2.08. The second-order valence-electron chi connectivity index (χ2n) is 4.08. The minimum atomic E-state index is -0.547. The summed E-state index contributed by atoms with van der Waals surface area (Å²) in [6.45, 7) is 2.53. The van der Waals surface area contributed by atoms with Gasteiger partial charge in [-0.15, -0.1) is 0 Å². The SMILES string of the molecule is CCNc1ncnc(OCc2cccc(Br)c2)c1[N+](=O)[O-]. The predicted octanol–water partition coefficient (Wildman–Crippen LogP) is 3.16. The third kappa shape index (κ3) is 3.88. The van der Waals surface area contributed by atoms with Crippen LogP contribution in [0, 0.1) is 10.1 Å². The van der Waals surface area contributed by atoms with Gasteiger partial charge in [-0.2, -0.15) is 4.98 Å². The molecule has 0 saturated heterocycles. The van der Waals surface area contributed by atoms with Crippen LogP contribution in [0.25, 0.3) is 0 Å². The fraction of sp³-hybridized carbons (Fsp3) is 0.231. The molecule has 0 radical (unpaired) electrons. The Hall–Kier alpha value is -2.22. The van der Waals surface area contributed by atoms with Gasteiger partial charge in [0.2, 0.25) is 5.82 Å². The molecule has 0 aliphatic heterocycles. The summed E-state index contributed by atoms with van der Waals surface area (Å²) >= 11 is 3.36. The van der Waals surface area contributed by atoms with E-state index in [4.69, 9.17) is 4.74 Å². The van der Waals surface area contributed by atoms with Crippen molar-refractivity contribution in [2.24, 2.45) is 0 Å². The summed E-state index contributed by atoms with van der Waals surface area (Å²) in [5, 5.41) is 14.0. The smallest absolute Gasteiger partial charge is 0.372 e. The van der Waals surface area contributed by atoms with Crippen LogP contribution in [0.4, 0.5) is 11.5 Å². The van der Waals surface area contributed by atoms with Gasteiger partial charge in [0.25, 0.3) is 5.88 Å². The van der Waals surface area contributed by atoms with Gasteiger partial charge in [-0.05, 0) is 24.6 Å². The fourth-order valence-corrected chi connectivity index (χ4v) is 2.15. The molecule has 0 fully saturated rings. The van der Waals surface area contributed by atoms with E-state index in [0.29, 0.717) is 6.54 Å². The predicted molar refractivity (Wildman–Crippen MR) is 81.3 cm³/mol. The third-order valence-electron chi connectivity index (χ3n) is 2.58. The Morgan fingerprint density at radius 2 is 2.24 bits per heavy atom. The second kappa shape index (κ2) is 6.98. The van der Waals surface area contributed by atoms with Crippen molar-refractivity contribution in [1.82, 2.24) is 9.97 Å². The van der Waals surface area contributed by atoms with E-state index in [2.05, 4.69) is 31.2 Å². The standard InChI is InChI=1S/C13H13BrN4O3/c1-2-15-12-11(18(19)20)13(17-8-16-12)21-7-9-4-3-5-10(14)6-9/h3-6,8H,2,7H2,1H3,(H,15,16,17). The van der Waals surface area contributed by atoms with E-state index < -0.39 is 4.92 Å². The number of rotatable bonds is 6. The van der Waals surface area contributed by atoms with Crippen LogP contribution in [0.1, 0.15) is 12.5 Å². The van der Waals surface area contributed by atoms with Crippen LogP contribution in [0.15, 0.2) is 35.1 Å². The molecule has 2 rings (SSSR count). The molecule has 0 unspecified atom stereocenters. The topological polar surface area (TPSA) is 90.2 Å². The molecule has 21 heavy (non-hydrogen) atoms. The Kier molecular flexibility index (Phi) is 5.04. The highest BCUT2D eigenvalue weighted by Gasteiger charge is 2.24. The monoisotopic (exact) mass is 352 g/mol. The average Bonchev–Trinajstić information content (AvgIpc) is 2.45. The lowest BCUT2D eigenvalue weighted by Crippen LogP contribution is -2.07. The van der Waals surface area contributed by atoms with E-state index in [9.17, 15) is 10.1 Å². The molecule has 0 bridgehead atoms. The maximum atomic E-state index is 11.2. The zero-order valence-corrected chi connectivity index (χ0v) is 12.8. The number of nitrogens with zero attached hydrogens (tertiary/aromatic N) is 3. The van der Waals surface area contributed by atoms with Gasteiger partial charge in [0.05, 0.1) is 4.92 Å². The average molecular weight is 353 g/mol. The summed E-state index contributed by atoms with van der Waals surface area (Å²) in [5.74, 6) is 0.104. The quantitative estimate of drug-likeness (QED) is 0.634. The number of hydrogen-bond acceptors (Lipinski definition) is 6. The van der Waals surface area contributed by atoms with Gasteiger partial charge in [0.1, 0.15) is 12.9 Å². The van der Waals surface area contributed by atoms with Gasteiger partial charge in [0, 0.05) is 11.0 Å². The third-order valence-corrected chi connectivity index (χ3v) is 3.07. The Bertz CT molecular complexity index is 651. The van der Waals surface area contributed by atoms with E-state index in [1.165, 1.54) is 6.33 Å². The molecule has 2 aromatic rings. The summed E-state index contributed by atoms with van der Waals surface area (Å²) in [4.78, 5) is 18.4. The van der Waals surface area contributed by atoms with Crippen molar-refractivity contribution in [3.8, 4) is 5.88 Å². The number of anilines is 1. The molecule has 7 nitrogen and oxygen atoms in total. The molecule has 110 valence electrons. The van der Waals surface area contributed by atoms with Crippen molar-refractivity contribution in [3.05, 3.63) is 50.7 Å². The largest absolute Gasteiger partial charge is 0.468 e. The van der Waals surface area contributed by atoms with Crippen LogP contribution in [0.3, 0.4) is 0 Å². The Morgan fingerprint density at radius 3 is 2.90 bits per heavy atom. The van der Waals surface area contributed by atoms with Crippen LogP contribution in [0.5, 0.6) is 5.88 Å². The van der Waals surface area contributed by atoms with E-state index in [1.807, 2.05) is 31.2 Å². The van der Waals surface area contributed by atoms with Gasteiger partial charge in [-0.1, -0.05) is 28.1 Å². The van der Waals surface area contributed by atoms with Crippen molar-refractivity contribution < 1.29 is 9.66 Å². The summed E-state index contributed by atoms with van der Waals surface area (Å²) < 4.78 is 6.38. The van der Waals surface area contributed by atoms with Crippen molar-refractivity contribution in [3.63, 3.8) is 0 Å². The maximum Gasteiger partial charge on any atom is 0.372 e. The number of halogens is 1. The molecule has 0 aliphatic rings. The fourth-order valence-electron chi connectivity index (χ4n) is 1.71. The van der Waals surface area contributed by atoms with E-state index >= 15 is 0 Å². The van der Waals surface area contributed by atoms with Crippen molar-refractivity contribution in [2.45, 2.75) is 13.5 Å². The van der Waals surface area contributed by atoms with Gasteiger partial charge in [0.15, 0.2) is 0 Å². The number of ether oxygens (including phenoxy) is 1. The molecular weight excluding hydrogens is 340 g/mol. The lowest BCUT2D eigenvalue weighted by molar-refractivity contribution is -0.385. The summed E-state index contributed by atoms with van der Waals surface area (Å²) in [6, 6.07) is 7.49. The van der Waals surface area contributed by atoms with E-state index in [1.54, 1.807) is 0 Å².